The van der Waals surface area contributed by atoms with Gasteiger partial charge in [0.2, 0.25) is 0 Å². The van der Waals surface area contributed by atoms with Crippen LogP contribution in [0, 0.1) is 28.6 Å². The Morgan fingerprint density at radius 1 is 1.08 bits per heavy atom. The predicted octanol–water partition coefficient (Wildman–Crippen LogP) is 2.43. The van der Waals surface area contributed by atoms with E-state index in [1.165, 1.54) is 0 Å². The minimum atomic E-state index is -1.21. The van der Waals surface area contributed by atoms with E-state index in [4.69, 9.17) is 18.9 Å². The highest BCUT2D eigenvalue weighted by Gasteiger charge is 2.71. The van der Waals surface area contributed by atoms with Gasteiger partial charge in [0.25, 0.3) is 0 Å². The van der Waals surface area contributed by atoms with E-state index in [2.05, 4.69) is 6.92 Å². The van der Waals surface area contributed by atoms with Crippen LogP contribution in [0.2, 0.25) is 0 Å². The maximum absolute atomic E-state index is 13.0. The van der Waals surface area contributed by atoms with Gasteiger partial charge in [-0.1, -0.05) is 6.92 Å². The molecule has 6 unspecified atom stereocenters. The van der Waals surface area contributed by atoms with Crippen LogP contribution in [0.3, 0.4) is 0 Å². The fourth-order valence-corrected chi connectivity index (χ4v) is 9.98. The smallest absolute Gasteiger partial charge is 0.331 e. The van der Waals surface area contributed by atoms with Crippen molar-refractivity contribution in [1.29, 1.82) is 0 Å². The third-order valence-corrected chi connectivity index (χ3v) is 12.1. The van der Waals surface area contributed by atoms with Crippen LogP contribution in [0.4, 0.5) is 0 Å². The molecule has 4 saturated carbocycles. The molecule has 6 rings (SSSR count). The van der Waals surface area contributed by atoms with Gasteiger partial charge in [-0.15, -0.1) is 0 Å². The lowest BCUT2D eigenvalue weighted by atomic mass is 9.41. The van der Waals surface area contributed by atoms with Crippen LogP contribution < -0.4 is 0 Å². The van der Waals surface area contributed by atoms with Crippen LogP contribution in [0.25, 0.3) is 0 Å². The number of carbonyl (C=O) groups excluding carboxylic acids is 2. The van der Waals surface area contributed by atoms with Crippen LogP contribution >= 0.6 is 0 Å². The van der Waals surface area contributed by atoms with Gasteiger partial charge >= 0.3 is 5.97 Å². The lowest BCUT2D eigenvalue weighted by Crippen LogP contribution is -2.69. The number of aliphatic hydroxyl groups is 3. The second-order valence-corrected chi connectivity index (χ2v) is 13.5. The zero-order valence-corrected chi connectivity index (χ0v) is 23.3. The first-order chi connectivity index (χ1) is 18.5. The summed E-state index contributed by atoms with van der Waals surface area (Å²) >= 11 is 0. The zero-order valence-electron chi connectivity index (χ0n) is 23.3. The van der Waals surface area contributed by atoms with E-state index in [-0.39, 0.29) is 35.9 Å². The fraction of sp³-hybridized carbons (Fsp3) is 0.867. The molecule has 0 aromatic carbocycles. The summed E-state index contributed by atoms with van der Waals surface area (Å²) in [6.07, 6.45) is 6.10. The van der Waals surface area contributed by atoms with E-state index in [1.807, 2.05) is 0 Å². The number of aldehydes is 1. The van der Waals surface area contributed by atoms with Crippen molar-refractivity contribution in [1.82, 2.24) is 0 Å². The summed E-state index contributed by atoms with van der Waals surface area (Å²) < 4.78 is 22.9. The summed E-state index contributed by atoms with van der Waals surface area (Å²) in [5, 5.41) is 34.8. The number of rotatable bonds is 5. The lowest BCUT2D eigenvalue weighted by Gasteiger charge is -2.65. The maximum Gasteiger partial charge on any atom is 0.331 e. The molecule has 0 aromatic heterocycles. The van der Waals surface area contributed by atoms with Crippen molar-refractivity contribution in [2.24, 2.45) is 28.6 Å². The van der Waals surface area contributed by atoms with Crippen molar-refractivity contribution < 1.29 is 43.9 Å². The topological polar surface area (TPSA) is 132 Å². The highest BCUT2D eigenvalue weighted by Crippen LogP contribution is 2.70. The Bertz CT molecular complexity index is 1030. The van der Waals surface area contributed by atoms with Crippen molar-refractivity contribution in [3.8, 4) is 0 Å². The molecule has 39 heavy (non-hydrogen) atoms. The first-order valence-corrected chi connectivity index (χ1v) is 14.8. The van der Waals surface area contributed by atoms with E-state index in [1.54, 1.807) is 20.1 Å². The fourth-order valence-electron chi connectivity index (χ4n) is 9.98. The normalized spacial score (nSPS) is 53.3. The lowest BCUT2D eigenvalue weighted by molar-refractivity contribution is -0.287. The predicted molar refractivity (Wildman–Crippen MR) is 138 cm³/mol. The van der Waals surface area contributed by atoms with E-state index in [9.17, 15) is 24.9 Å². The quantitative estimate of drug-likeness (QED) is 0.269. The standard InChI is InChI=1S/C30H44O9/c1-17-26(33)23(36-3)13-25(38-17)39-19-4-9-28(16-31)21-5-8-27(2)20(18-12-24(32)37-15-18)7-11-30(27,35)22(21)6-10-29(28,34)14-19/h12,16-17,19-23,25-26,33-35H,4-11,13-15H2,1-3H3/t17?,19-,20+,21-,22+,23?,25-,26?,27?,28-,29?,30?/m0/s1. The van der Waals surface area contributed by atoms with E-state index in [0.29, 0.717) is 51.6 Å². The van der Waals surface area contributed by atoms with Crippen molar-refractivity contribution in [2.45, 2.75) is 120 Å². The minimum Gasteiger partial charge on any atom is -0.458 e. The van der Waals surface area contributed by atoms with Crippen LogP contribution in [-0.2, 0) is 28.5 Å². The minimum absolute atomic E-state index is 0.0827. The van der Waals surface area contributed by atoms with E-state index >= 15 is 0 Å². The summed E-state index contributed by atoms with van der Waals surface area (Å²) in [4.78, 5) is 24.8. The molecule has 3 N–H and O–H groups in total. The second-order valence-electron chi connectivity index (χ2n) is 13.5. The number of esters is 1. The highest BCUT2D eigenvalue weighted by atomic mass is 16.7. The van der Waals surface area contributed by atoms with Crippen LogP contribution in [0.5, 0.6) is 0 Å². The Labute approximate surface area is 230 Å². The number of aliphatic hydroxyl groups excluding tert-OH is 1. The van der Waals surface area contributed by atoms with Crippen LogP contribution in [-0.4, -0.2) is 83.2 Å². The third kappa shape index (κ3) is 3.94. The Kier molecular flexibility index (Phi) is 6.84. The molecule has 1 saturated heterocycles. The number of carbonyl (C=O) groups is 2. The van der Waals surface area contributed by atoms with Crippen molar-refractivity contribution >= 4 is 12.3 Å². The molecule has 218 valence electrons. The zero-order chi connectivity index (χ0) is 27.8. The first-order valence-electron chi connectivity index (χ1n) is 14.8. The number of hydrogen-bond acceptors (Lipinski definition) is 9. The number of fused-ring (bicyclic) bond motifs is 5. The van der Waals surface area contributed by atoms with E-state index in [0.717, 1.165) is 31.1 Å². The van der Waals surface area contributed by atoms with Gasteiger partial charge in [-0.05, 0) is 81.6 Å². The molecule has 9 nitrogen and oxygen atoms in total. The first kappa shape index (κ1) is 27.8. The van der Waals surface area contributed by atoms with Gasteiger partial charge in [0, 0.05) is 31.4 Å². The Hall–Kier alpha value is -1.36. The molecule has 0 aromatic rings. The monoisotopic (exact) mass is 548 g/mol. The van der Waals surface area contributed by atoms with Crippen molar-refractivity contribution in [3.63, 3.8) is 0 Å². The van der Waals surface area contributed by atoms with Crippen molar-refractivity contribution in [2.75, 3.05) is 13.7 Å². The van der Waals surface area contributed by atoms with Gasteiger partial charge in [0.05, 0.1) is 34.9 Å². The van der Waals surface area contributed by atoms with Gasteiger partial charge < -0.3 is 39.1 Å². The third-order valence-electron chi connectivity index (χ3n) is 12.1. The molecular formula is C30H44O9. The van der Waals surface area contributed by atoms with Gasteiger partial charge in [0.1, 0.15) is 19.0 Å². The summed E-state index contributed by atoms with van der Waals surface area (Å²) in [6.45, 7) is 4.25. The summed E-state index contributed by atoms with van der Waals surface area (Å²) in [6, 6.07) is 0. The average molecular weight is 549 g/mol. The molecule has 2 aliphatic heterocycles. The largest absolute Gasteiger partial charge is 0.458 e. The molecule has 6 aliphatic rings. The molecule has 2 heterocycles. The van der Waals surface area contributed by atoms with Gasteiger partial charge in [-0.25, -0.2) is 4.79 Å². The average Bonchev–Trinajstić information content (AvgIpc) is 3.45. The Morgan fingerprint density at radius 2 is 1.85 bits per heavy atom. The maximum atomic E-state index is 13.0. The molecule has 5 fully saturated rings. The summed E-state index contributed by atoms with van der Waals surface area (Å²) in [5.41, 5.74) is -2.52. The van der Waals surface area contributed by atoms with Crippen LogP contribution in [0.15, 0.2) is 11.6 Å². The van der Waals surface area contributed by atoms with Crippen LogP contribution in [0.1, 0.15) is 78.1 Å². The van der Waals surface area contributed by atoms with Crippen molar-refractivity contribution in [3.05, 3.63) is 11.6 Å². The number of hydrogen-bond donors (Lipinski definition) is 3. The Balaban J connectivity index is 1.21. The number of methoxy groups -OCH3 is 1. The van der Waals surface area contributed by atoms with E-state index < -0.39 is 40.5 Å². The van der Waals surface area contributed by atoms with Gasteiger partial charge in [-0.2, -0.15) is 0 Å². The molecule has 0 spiro atoms. The molecule has 0 bridgehead atoms. The number of cyclic esters (lactones) is 1. The molecule has 12 atom stereocenters. The molecular weight excluding hydrogens is 504 g/mol. The number of ether oxygens (including phenoxy) is 4. The highest BCUT2D eigenvalue weighted by molar-refractivity contribution is 5.85. The summed E-state index contributed by atoms with van der Waals surface area (Å²) in [5.74, 6) is -0.420. The molecule has 0 radical (unpaired) electrons. The molecule has 9 heteroatoms. The second kappa shape index (κ2) is 9.60. The van der Waals surface area contributed by atoms with Gasteiger partial charge in [-0.3, -0.25) is 0 Å². The Morgan fingerprint density at radius 3 is 2.54 bits per heavy atom. The molecule has 0 amide bonds. The SMILES string of the molecule is COC1C[C@H](O[C@H]2CC[C@]3(C=O)[C@H]4CCC5(C)[C@@H](C6=CC(=O)OC6)CCC5(O)[C@@H]4CCC3(O)C2)OC(C)C1O. The molecule has 4 aliphatic carbocycles. The van der Waals surface area contributed by atoms with Gasteiger partial charge in [0.15, 0.2) is 6.29 Å². The summed E-state index contributed by atoms with van der Waals surface area (Å²) in [7, 11) is 1.57.